The van der Waals surface area contributed by atoms with E-state index in [4.69, 9.17) is 0 Å². The maximum Gasteiger partial charge on any atom is 0.310 e. The number of likely N-dealkylation sites (tertiary alicyclic amines) is 1. The van der Waals surface area contributed by atoms with Crippen LogP contribution in [0.3, 0.4) is 0 Å². The highest BCUT2D eigenvalue weighted by Crippen LogP contribution is 2.29. The van der Waals surface area contributed by atoms with Crippen molar-refractivity contribution in [2.45, 2.75) is 38.6 Å². The normalized spacial score (nSPS) is 14.7. The van der Waals surface area contributed by atoms with E-state index >= 15 is 0 Å². The maximum absolute atomic E-state index is 13.2. The van der Waals surface area contributed by atoms with E-state index in [0.29, 0.717) is 10.7 Å². The Balaban J connectivity index is 1.51. The third kappa shape index (κ3) is 5.99. The number of carboxylic acids is 1. The van der Waals surface area contributed by atoms with Gasteiger partial charge in [0, 0.05) is 42.3 Å². The van der Waals surface area contributed by atoms with E-state index in [1.54, 1.807) is 18.5 Å². The van der Waals surface area contributed by atoms with E-state index in [2.05, 4.69) is 52.0 Å². The van der Waals surface area contributed by atoms with Crippen LogP contribution >= 0.6 is 27.3 Å². The van der Waals surface area contributed by atoms with E-state index in [0.717, 1.165) is 20.5 Å². The number of hydrogen-bond acceptors (Lipinski definition) is 6. The number of halogens is 1. The lowest BCUT2D eigenvalue weighted by Gasteiger charge is -2.38. The summed E-state index contributed by atoms with van der Waals surface area (Å²) in [6.45, 7) is 6.54. The summed E-state index contributed by atoms with van der Waals surface area (Å²) in [4.78, 5) is 49.2. The molecule has 1 aromatic carbocycles. The third-order valence-corrected chi connectivity index (χ3v) is 7.91. The van der Waals surface area contributed by atoms with Gasteiger partial charge in [-0.25, -0.2) is 9.97 Å². The molecule has 3 heterocycles. The molecule has 1 aliphatic heterocycles. The van der Waals surface area contributed by atoms with Gasteiger partial charge >= 0.3 is 5.97 Å². The van der Waals surface area contributed by atoms with Crippen LogP contribution in [0.25, 0.3) is 11.4 Å². The zero-order chi connectivity index (χ0) is 26.0. The first-order valence-corrected chi connectivity index (χ1v) is 13.1. The number of hydrogen-bond donors (Lipinski definition) is 2. The Morgan fingerprint density at radius 2 is 1.75 bits per heavy atom. The molecule has 0 radical (unpaired) electrons. The quantitative estimate of drug-likeness (QED) is 0.441. The van der Waals surface area contributed by atoms with Crippen molar-refractivity contribution in [2.24, 2.45) is 5.92 Å². The fourth-order valence-electron chi connectivity index (χ4n) is 3.81. The molecule has 0 aliphatic carbocycles. The van der Waals surface area contributed by atoms with Gasteiger partial charge in [0.2, 0.25) is 5.91 Å². The number of carbonyl (C=O) groups excluding carboxylic acids is 2. The Morgan fingerprint density at radius 3 is 2.31 bits per heavy atom. The zero-order valence-corrected chi connectivity index (χ0v) is 22.6. The highest BCUT2D eigenvalue weighted by molar-refractivity contribution is 9.10. The molecule has 2 aromatic heterocycles. The van der Waals surface area contributed by atoms with Gasteiger partial charge in [-0.3, -0.25) is 14.4 Å². The average Bonchev–Trinajstić information content (AvgIpc) is 3.30. The predicted octanol–water partition coefficient (Wildman–Crippen LogP) is 4.15. The summed E-state index contributed by atoms with van der Waals surface area (Å²) in [6, 6.07) is 10.4. The van der Waals surface area contributed by atoms with Crippen LogP contribution < -0.4 is 5.32 Å². The monoisotopic (exact) mass is 570 g/mol. The molecule has 1 atom stereocenters. The first-order chi connectivity index (χ1) is 17.0. The van der Waals surface area contributed by atoms with Crippen LogP contribution in [0, 0.1) is 5.92 Å². The van der Waals surface area contributed by atoms with Crippen LogP contribution in [-0.4, -0.2) is 56.9 Å². The Labute approximate surface area is 221 Å². The topological polar surface area (TPSA) is 112 Å². The minimum absolute atomic E-state index is 0.0812. The molecule has 0 bridgehead atoms. The number of amides is 2. The van der Waals surface area contributed by atoms with Gasteiger partial charge in [0.05, 0.1) is 15.3 Å². The van der Waals surface area contributed by atoms with Gasteiger partial charge in [-0.05, 0) is 39.0 Å². The molecule has 0 spiro atoms. The van der Waals surface area contributed by atoms with Crippen LogP contribution in [0.15, 0.2) is 53.3 Å². The van der Waals surface area contributed by atoms with Crippen LogP contribution in [-0.2, 0) is 21.4 Å². The second kappa shape index (κ2) is 10.5. The fourth-order valence-corrected chi connectivity index (χ4v) is 4.99. The molecule has 8 nitrogen and oxygen atoms in total. The number of benzene rings is 1. The van der Waals surface area contributed by atoms with Crippen molar-refractivity contribution >= 4 is 45.1 Å². The summed E-state index contributed by atoms with van der Waals surface area (Å²) in [5.41, 5.74) is 1.60. The van der Waals surface area contributed by atoms with Gasteiger partial charge in [0.1, 0.15) is 6.04 Å². The van der Waals surface area contributed by atoms with E-state index in [1.165, 1.54) is 16.2 Å². The Morgan fingerprint density at radius 1 is 1.11 bits per heavy atom. The van der Waals surface area contributed by atoms with Gasteiger partial charge in [0.15, 0.2) is 5.82 Å². The van der Waals surface area contributed by atoms with Gasteiger partial charge in [-0.15, -0.1) is 11.3 Å². The molecule has 1 saturated heterocycles. The van der Waals surface area contributed by atoms with Crippen LogP contribution in [0.4, 0.5) is 0 Å². The highest BCUT2D eigenvalue weighted by Gasteiger charge is 2.39. The van der Waals surface area contributed by atoms with Crippen molar-refractivity contribution < 1.29 is 19.5 Å². The summed E-state index contributed by atoms with van der Waals surface area (Å²) >= 11 is 4.73. The largest absolute Gasteiger partial charge is 0.481 e. The smallest absolute Gasteiger partial charge is 0.310 e. The number of rotatable bonds is 7. The summed E-state index contributed by atoms with van der Waals surface area (Å²) in [5, 5.41) is 12.1. The molecule has 1 unspecified atom stereocenters. The average molecular weight is 571 g/mol. The van der Waals surface area contributed by atoms with Crippen LogP contribution in [0.2, 0.25) is 0 Å². The molecule has 2 N–H and O–H groups in total. The molecule has 36 heavy (non-hydrogen) atoms. The maximum atomic E-state index is 13.2. The summed E-state index contributed by atoms with van der Waals surface area (Å²) in [6.07, 6.45) is 3.62. The third-order valence-electron chi connectivity index (χ3n) is 5.99. The van der Waals surface area contributed by atoms with E-state index < -0.39 is 17.9 Å². The standard InChI is InChI=1S/C26H27BrN4O4S/c1-26(2,3)21-9-8-20(36-21)23(32)30-19(24(33)31-13-17(14-31)25(34)35)10-15-4-6-16(7-5-15)22-28-11-18(27)12-29-22/h4-9,11-12,17,19H,10,13-14H2,1-3H3,(H,30,32)(H,34,35). The van der Waals surface area contributed by atoms with Gasteiger partial charge < -0.3 is 15.3 Å². The lowest BCUT2D eigenvalue weighted by atomic mass is 9.95. The van der Waals surface area contributed by atoms with E-state index in [1.807, 2.05) is 30.3 Å². The van der Waals surface area contributed by atoms with Crippen molar-refractivity contribution in [1.82, 2.24) is 20.2 Å². The molecule has 1 fully saturated rings. The predicted molar refractivity (Wildman–Crippen MR) is 141 cm³/mol. The molecule has 1 aliphatic rings. The van der Waals surface area contributed by atoms with Gasteiger partial charge in [-0.1, -0.05) is 45.0 Å². The van der Waals surface area contributed by atoms with Crippen molar-refractivity contribution in [1.29, 1.82) is 0 Å². The van der Waals surface area contributed by atoms with Crippen molar-refractivity contribution in [3.8, 4) is 11.4 Å². The fraction of sp³-hybridized carbons (Fsp3) is 0.346. The Bertz CT molecular complexity index is 1260. The molecular weight excluding hydrogens is 544 g/mol. The molecule has 3 aromatic rings. The van der Waals surface area contributed by atoms with Gasteiger partial charge in [-0.2, -0.15) is 0 Å². The second-order valence-corrected chi connectivity index (χ2v) is 11.8. The minimum atomic E-state index is -0.918. The second-order valence-electron chi connectivity index (χ2n) is 9.84. The summed E-state index contributed by atoms with van der Waals surface area (Å²) in [7, 11) is 0. The molecule has 2 amide bonds. The lowest BCUT2D eigenvalue weighted by molar-refractivity contribution is -0.153. The first kappa shape index (κ1) is 26.0. The van der Waals surface area contributed by atoms with Gasteiger partial charge in [0.25, 0.3) is 5.91 Å². The van der Waals surface area contributed by atoms with E-state index in [9.17, 15) is 19.5 Å². The molecule has 10 heteroatoms. The first-order valence-electron chi connectivity index (χ1n) is 11.5. The van der Waals surface area contributed by atoms with E-state index in [-0.39, 0.29) is 36.7 Å². The number of carbonyl (C=O) groups is 3. The van der Waals surface area contributed by atoms with Crippen LogP contribution in [0.5, 0.6) is 0 Å². The van der Waals surface area contributed by atoms with Crippen molar-refractivity contribution in [2.75, 3.05) is 13.1 Å². The van der Waals surface area contributed by atoms with Crippen LogP contribution in [0.1, 0.15) is 40.9 Å². The number of carboxylic acid groups (broad SMARTS) is 1. The number of aliphatic carboxylic acids is 1. The Kier molecular flexibility index (Phi) is 7.56. The van der Waals surface area contributed by atoms with Crippen molar-refractivity contribution in [3.63, 3.8) is 0 Å². The number of nitrogens with zero attached hydrogens (tertiary/aromatic N) is 3. The van der Waals surface area contributed by atoms with Crippen molar-refractivity contribution in [3.05, 3.63) is 68.6 Å². The molecular formula is C26H27BrN4O4S. The summed E-state index contributed by atoms with van der Waals surface area (Å²) in [5.74, 6) is -1.50. The number of aromatic nitrogens is 2. The number of thiophene rings is 1. The molecule has 188 valence electrons. The molecule has 4 rings (SSSR count). The highest BCUT2D eigenvalue weighted by atomic mass is 79.9. The SMILES string of the molecule is CC(C)(C)c1ccc(C(=O)NC(Cc2ccc(-c3ncc(Br)cn3)cc2)C(=O)N2CC(C(=O)O)C2)s1. The summed E-state index contributed by atoms with van der Waals surface area (Å²) < 4.78 is 0.788. The Hall–Kier alpha value is -3.11. The molecule has 0 saturated carbocycles. The lowest BCUT2D eigenvalue weighted by Crippen LogP contribution is -2.59. The number of nitrogens with one attached hydrogen (secondary N) is 1. The zero-order valence-electron chi connectivity index (χ0n) is 20.2. The minimum Gasteiger partial charge on any atom is -0.481 e.